The van der Waals surface area contributed by atoms with Crippen molar-refractivity contribution in [2.24, 2.45) is 0 Å². The van der Waals surface area contributed by atoms with Crippen LogP contribution in [0.3, 0.4) is 0 Å². The van der Waals surface area contributed by atoms with E-state index in [0.29, 0.717) is 27.8 Å². The first-order chi connectivity index (χ1) is 11.5. The summed E-state index contributed by atoms with van der Waals surface area (Å²) in [4.78, 5) is 25.3. The lowest BCUT2D eigenvalue weighted by Gasteiger charge is -2.11. The van der Waals surface area contributed by atoms with Gasteiger partial charge in [-0.15, -0.1) is 11.8 Å². The molecular formula is C18H19ClN2O2S. The van der Waals surface area contributed by atoms with Gasteiger partial charge in [0.25, 0.3) is 5.91 Å². The van der Waals surface area contributed by atoms with Crippen LogP contribution in [-0.2, 0) is 10.5 Å². The fourth-order valence-electron chi connectivity index (χ4n) is 2.02. The van der Waals surface area contributed by atoms with Crippen LogP contribution in [0.15, 0.2) is 48.5 Å². The van der Waals surface area contributed by atoms with E-state index in [1.807, 2.05) is 24.3 Å². The smallest absolute Gasteiger partial charge is 0.253 e. The predicted molar refractivity (Wildman–Crippen MR) is 101 cm³/mol. The second-order valence-electron chi connectivity index (χ2n) is 5.41. The van der Waals surface area contributed by atoms with Crippen LogP contribution in [0.4, 0.5) is 5.69 Å². The Morgan fingerprint density at radius 1 is 1.08 bits per heavy atom. The van der Waals surface area contributed by atoms with Crippen LogP contribution >= 0.6 is 23.4 Å². The summed E-state index contributed by atoms with van der Waals surface area (Å²) in [7, 11) is 3.41. The first-order valence-corrected chi connectivity index (χ1v) is 8.93. The summed E-state index contributed by atoms with van der Waals surface area (Å²) >= 11 is 7.59. The van der Waals surface area contributed by atoms with Crippen molar-refractivity contribution in [3.05, 3.63) is 64.7 Å². The lowest BCUT2D eigenvalue weighted by atomic mass is 10.2. The van der Waals surface area contributed by atoms with Crippen molar-refractivity contribution < 1.29 is 9.59 Å². The summed E-state index contributed by atoms with van der Waals surface area (Å²) in [5, 5.41) is 3.53. The number of rotatable bonds is 6. The molecule has 0 bridgehead atoms. The highest BCUT2D eigenvalue weighted by atomic mass is 35.5. The van der Waals surface area contributed by atoms with Gasteiger partial charge in [-0.25, -0.2) is 0 Å². The van der Waals surface area contributed by atoms with E-state index in [9.17, 15) is 9.59 Å². The van der Waals surface area contributed by atoms with Crippen molar-refractivity contribution in [1.29, 1.82) is 0 Å². The van der Waals surface area contributed by atoms with E-state index in [1.54, 1.807) is 38.4 Å². The SMILES string of the molecule is CN(C)C(=O)c1ccc(NC(=O)CSCc2ccccc2Cl)cc1. The number of amides is 2. The third-order valence-electron chi connectivity index (χ3n) is 3.27. The Balaban J connectivity index is 1.82. The molecule has 0 aromatic heterocycles. The molecule has 0 fully saturated rings. The molecule has 2 amide bonds. The average Bonchev–Trinajstić information content (AvgIpc) is 2.56. The quantitative estimate of drug-likeness (QED) is 0.847. The number of hydrogen-bond donors (Lipinski definition) is 1. The number of halogens is 1. The number of benzene rings is 2. The molecule has 0 atom stereocenters. The van der Waals surface area contributed by atoms with Crippen molar-refractivity contribution >= 4 is 40.9 Å². The van der Waals surface area contributed by atoms with Crippen LogP contribution in [0.1, 0.15) is 15.9 Å². The Labute approximate surface area is 151 Å². The Kier molecular flexibility index (Phi) is 6.70. The molecule has 0 heterocycles. The summed E-state index contributed by atoms with van der Waals surface area (Å²) in [6.45, 7) is 0. The number of carbonyl (C=O) groups excluding carboxylic acids is 2. The molecule has 4 nitrogen and oxygen atoms in total. The molecule has 0 unspecified atom stereocenters. The number of anilines is 1. The van der Waals surface area contributed by atoms with Gasteiger partial charge in [0.15, 0.2) is 0 Å². The number of carbonyl (C=O) groups is 2. The summed E-state index contributed by atoms with van der Waals surface area (Å²) in [5.74, 6) is 0.870. The first-order valence-electron chi connectivity index (χ1n) is 7.40. The van der Waals surface area contributed by atoms with Gasteiger partial charge in [0, 0.05) is 36.1 Å². The molecule has 0 aliphatic heterocycles. The highest BCUT2D eigenvalue weighted by Crippen LogP contribution is 2.21. The summed E-state index contributed by atoms with van der Waals surface area (Å²) < 4.78 is 0. The largest absolute Gasteiger partial charge is 0.345 e. The van der Waals surface area contributed by atoms with Crippen LogP contribution < -0.4 is 5.32 Å². The molecule has 2 rings (SSSR count). The Morgan fingerprint density at radius 3 is 2.38 bits per heavy atom. The van der Waals surface area contributed by atoms with Gasteiger partial charge in [0.2, 0.25) is 5.91 Å². The minimum absolute atomic E-state index is 0.0665. The maximum absolute atomic E-state index is 12.0. The van der Waals surface area contributed by atoms with Crippen LogP contribution in [-0.4, -0.2) is 36.6 Å². The van der Waals surface area contributed by atoms with E-state index in [-0.39, 0.29) is 11.8 Å². The number of nitrogens with zero attached hydrogens (tertiary/aromatic N) is 1. The number of nitrogens with one attached hydrogen (secondary N) is 1. The van der Waals surface area contributed by atoms with Gasteiger partial charge in [-0.1, -0.05) is 29.8 Å². The molecule has 24 heavy (non-hydrogen) atoms. The van der Waals surface area contributed by atoms with Crippen LogP contribution in [0.5, 0.6) is 0 Å². The van der Waals surface area contributed by atoms with E-state index < -0.39 is 0 Å². The van der Waals surface area contributed by atoms with Gasteiger partial charge in [-0.05, 0) is 35.9 Å². The molecule has 0 saturated heterocycles. The maximum Gasteiger partial charge on any atom is 0.253 e. The zero-order valence-corrected chi connectivity index (χ0v) is 15.2. The molecule has 2 aromatic rings. The van der Waals surface area contributed by atoms with E-state index in [1.165, 1.54) is 16.7 Å². The molecule has 0 saturated carbocycles. The van der Waals surface area contributed by atoms with Crippen molar-refractivity contribution in [3.63, 3.8) is 0 Å². The average molecular weight is 363 g/mol. The second kappa shape index (κ2) is 8.76. The number of hydrogen-bond acceptors (Lipinski definition) is 3. The summed E-state index contributed by atoms with van der Waals surface area (Å²) in [6, 6.07) is 14.5. The van der Waals surface area contributed by atoms with Gasteiger partial charge in [-0.2, -0.15) is 0 Å². The fraction of sp³-hybridized carbons (Fsp3) is 0.222. The zero-order valence-electron chi connectivity index (χ0n) is 13.6. The minimum atomic E-state index is -0.0845. The first kappa shape index (κ1) is 18.4. The van der Waals surface area contributed by atoms with E-state index in [2.05, 4.69) is 5.32 Å². The standard InChI is InChI=1S/C18H19ClN2O2S/c1-21(2)18(23)13-7-9-15(10-8-13)20-17(22)12-24-11-14-5-3-4-6-16(14)19/h3-10H,11-12H2,1-2H3,(H,20,22). The molecule has 126 valence electrons. The van der Waals surface area contributed by atoms with Crippen molar-refractivity contribution in [2.75, 3.05) is 25.2 Å². The molecule has 2 aromatic carbocycles. The zero-order chi connectivity index (χ0) is 17.5. The molecule has 0 aliphatic rings. The highest BCUT2D eigenvalue weighted by Gasteiger charge is 2.08. The Hall–Kier alpha value is -1.98. The normalized spacial score (nSPS) is 10.3. The van der Waals surface area contributed by atoms with Gasteiger partial charge in [0.1, 0.15) is 0 Å². The van der Waals surface area contributed by atoms with Gasteiger partial charge < -0.3 is 10.2 Å². The highest BCUT2D eigenvalue weighted by molar-refractivity contribution is 7.99. The monoisotopic (exact) mass is 362 g/mol. The summed E-state index contributed by atoms with van der Waals surface area (Å²) in [6.07, 6.45) is 0. The van der Waals surface area contributed by atoms with E-state index >= 15 is 0 Å². The molecule has 6 heteroatoms. The van der Waals surface area contributed by atoms with Crippen molar-refractivity contribution in [1.82, 2.24) is 4.90 Å². The van der Waals surface area contributed by atoms with Crippen LogP contribution in [0.2, 0.25) is 5.02 Å². The minimum Gasteiger partial charge on any atom is -0.345 e. The van der Waals surface area contributed by atoms with Crippen LogP contribution in [0, 0.1) is 0 Å². The fourth-order valence-corrected chi connectivity index (χ4v) is 3.13. The molecule has 1 N–H and O–H groups in total. The van der Waals surface area contributed by atoms with E-state index in [0.717, 1.165) is 5.56 Å². The van der Waals surface area contributed by atoms with Crippen molar-refractivity contribution in [3.8, 4) is 0 Å². The molecule has 0 radical (unpaired) electrons. The molecule has 0 aliphatic carbocycles. The van der Waals surface area contributed by atoms with Gasteiger partial charge in [-0.3, -0.25) is 9.59 Å². The third-order valence-corrected chi connectivity index (χ3v) is 4.62. The van der Waals surface area contributed by atoms with Gasteiger partial charge >= 0.3 is 0 Å². The lowest BCUT2D eigenvalue weighted by molar-refractivity contribution is -0.113. The lowest BCUT2D eigenvalue weighted by Crippen LogP contribution is -2.21. The van der Waals surface area contributed by atoms with Gasteiger partial charge in [0.05, 0.1) is 5.75 Å². The Morgan fingerprint density at radius 2 is 1.75 bits per heavy atom. The maximum atomic E-state index is 12.0. The van der Waals surface area contributed by atoms with E-state index in [4.69, 9.17) is 11.6 Å². The predicted octanol–water partition coefficient (Wildman–Crippen LogP) is 3.91. The second-order valence-corrected chi connectivity index (χ2v) is 6.80. The third kappa shape index (κ3) is 5.28. The molecular weight excluding hydrogens is 344 g/mol. The van der Waals surface area contributed by atoms with Crippen LogP contribution in [0.25, 0.3) is 0 Å². The Bertz CT molecular complexity index is 717. The topological polar surface area (TPSA) is 49.4 Å². The number of thioether (sulfide) groups is 1. The van der Waals surface area contributed by atoms with Crippen molar-refractivity contribution in [2.45, 2.75) is 5.75 Å². The molecule has 0 spiro atoms. The summed E-state index contributed by atoms with van der Waals surface area (Å²) in [5.41, 5.74) is 2.28.